The quantitative estimate of drug-likeness (QED) is 0.569. The minimum atomic E-state index is 0. The molecule has 2 heterocycles. The minimum absolute atomic E-state index is 0. The molecule has 0 bridgehead atoms. The molecule has 2 N–H and O–H groups in total. The van der Waals surface area contributed by atoms with Crippen molar-refractivity contribution in [3.05, 3.63) is 60.4 Å². The van der Waals surface area contributed by atoms with Crippen LogP contribution in [0.3, 0.4) is 0 Å². The highest BCUT2D eigenvalue weighted by molar-refractivity contribution is 6.10. The third-order valence-electron chi connectivity index (χ3n) is 3.65. The average Bonchev–Trinajstić information content (AvgIpc) is 2.98. The number of nitrogens with one attached hydrogen (secondary N) is 2. The van der Waals surface area contributed by atoms with Crippen LogP contribution in [0.1, 0.15) is 5.56 Å². The molecule has 0 aliphatic heterocycles. The maximum atomic E-state index is 4.44. The summed E-state index contributed by atoms with van der Waals surface area (Å²) in [6.45, 7) is 2.08. The summed E-state index contributed by atoms with van der Waals surface area (Å²) in [7, 11) is 0. The largest absolute Gasteiger partial charge is 0.355 e. The van der Waals surface area contributed by atoms with Crippen LogP contribution in [-0.2, 0) is 0 Å². The molecular formula is C17H15ClN4. The second-order valence-corrected chi connectivity index (χ2v) is 5.14. The van der Waals surface area contributed by atoms with E-state index in [0.29, 0.717) is 0 Å². The molecule has 0 spiro atoms. The number of hydrogen-bond donors (Lipinski definition) is 2. The van der Waals surface area contributed by atoms with Gasteiger partial charge in [0.25, 0.3) is 0 Å². The molecule has 22 heavy (non-hydrogen) atoms. The van der Waals surface area contributed by atoms with Crippen molar-refractivity contribution >= 4 is 45.6 Å². The van der Waals surface area contributed by atoms with Gasteiger partial charge in [0.1, 0.15) is 0 Å². The highest BCUT2D eigenvalue weighted by Gasteiger charge is 2.08. The molecule has 0 saturated heterocycles. The Labute approximate surface area is 134 Å². The third kappa shape index (κ3) is 2.38. The number of nitrogens with zero attached hydrogens (tertiary/aromatic N) is 2. The number of anilines is 2. The lowest BCUT2D eigenvalue weighted by Gasteiger charge is -2.10. The Morgan fingerprint density at radius 2 is 1.82 bits per heavy atom. The van der Waals surface area contributed by atoms with Crippen molar-refractivity contribution in [1.29, 1.82) is 0 Å². The van der Waals surface area contributed by atoms with Gasteiger partial charge in [-0.05, 0) is 37.3 Å². The number of hydrogen-bond acceptors (Lipinski definition) is 3. The summed E-state index contributed by atoms with van der Waals surface area (Å²) in [6, 6.07) is 14.4. The van der Waals surface area contributed by atoms with Crippen LogP contribution in [0.2, 0.25) is 0 Å². The van der Waals surface area contributed by atoms with Gasteiger partial charge in [-0.2, -0.15) is 5.10 Å². The van der Waals surface area contributed by atoms with Crippen molar-refractivity contribution in [2.75, 3.05) is 5.32 Å². The average molecular weight is 311 g/mol. The van der Waals surface area contributed by atoms with Crippen molar-refractivity contribution in [3.63, 3.8) is 0 Å². The van der Waals surface area contributed by atoms with E-state index in [1.165, 1.54) is 5.56 Å². The van der Waals surface area contributed by atoms with Crippen molar-refractivity contribution in [1.82, 2.24) is 15.2 Å². The molecule has 0 unspecified atom stereocenters. The van der Waals surface area contributed by atoms with Gasteiger partial charge in [-0.25, -0.2) is 0 Å². The number of halogens is 1. The Kier molecular flexibility index (Phi) is 3.69. The van der Waals surface area contributed by atoms with Gasteiger partial charge in [-0.15, -0.1) is 12.4 Å². The number of aryl methyl sites for hydroxylation is 1. The summed E-state index contributed by atoms with van der Waals surface area (Å²) in [5.74, 6) is 0. The normalized spacial score (nSPS) is 10.6. The number of rotatable bonds is 2. The van der Waals surface area contributed by atoms with Gasteiger partial charge in [-0.3, -0.25) is 10.1 Å². The van der Waals surface area contributed by atoms with Gasteiger partial charge < -0.3 is 5.32 Å². The summed E-state index contributed by atoms with van der Waals surface area (Å²) in [5, 5.41) is 12.8. The standard InChI is InChI=1S/C17H14N4.ClH/c1-11-2-5-13(6-3-11)20-15-8-9-18-14-7-4-12-10-19-21-17(12)16(14)15;/h2-10H,1H3,(H,18,20)(H,19,21);1H. The monoisotopic (exact) mass is 310 g/mol. The maximum Gasteiger partial charge on any atom is 0.0765 e. The van der Waals surface area contributed by atoms with Crippen LogP contribution in [0, 0.1) is 6.92 Å². The van der Waals surface area contributed by atoms with Gasteiger partial charge in [0.2, 0.25) is 0 Å². The molecule has 4 aromatic rings. The molecule has 0 aliphatic rings. The zero-order chi connectivity index (χ0) is 14.2. The van der Waals surface area contributed by atoms with Crippen molar-refractivity contribution in [2.45, 2.75) is 6.92 Å². The van der Waals surface area contributed by atoms with Crippen molar-refractivity contribution in [2.24, 2.45) is 0 Å². The van der Waals surface area contributed by atoms with Gasteiger partial charge in [0.15, 0.2) is 0 Å². The van der Waals surface area contributed by atoms with Crippen LogP contribution < -0.4 is 5.32 Å². The Hall–Kier alpha value is -2.59. The van der Waals surface area contributed by atoms with E-state index in [0.717, 1.165) is 33.2 Å². The molecule has 2 aromatic carbocycles. The van der Waals surface area contributed by atoms with Gasteiger partial charge in [0, 0.05) is 22.7 Å². The molecule has 5 heteroatoms. The fraction of sp³-hybridized carbons (Fsp3) is 0.0588. The van der Waals surface area contributed by atoms with E-state index < -0.39 is 0 Å². The molecular weight excluding hydrogens is 296 g/mol. The first-order chi connectivity index (χ1) is 10.3. The van der Waals surface area contributed by atoms with Crippen molar-refractivity contribution in [3.8, 4) is 0 Å². The van der Waals surface area contributed by atoms with Crippen LogP contribution in [0.15, 0.2) is 54.9 Å². The Balaban J connectivity index is 0.00000144. The number of aromatic nitrogens is 3. The summed E-state index contributed by atoms with van der Waals surface area (Å²) in [6.07, 6.45) is 3.65. The van der Waals surface area contributed by atoms with Gasteiger partial charge in [0.05, 0.1) is 22.9 Å². The van der Waals surface area contributed by atoms with Crippen molar-refractivity contribution < 1.29 is 0 Å². The SMILES string of the molecule is Cc1ccc(Nc2ccnc3ccc4cn[nH]c4c23)cc1.Cl. The van der Waals surface area contributed by atoms with Crippen LogP contribution in [0.5, 0.6) is 0 Å². The zero-order valence-corrected chi connectivity index (χ0v) is 12.8. The smallest absolute Gasteiger partial charge is 0.0765 e. The second kappa shape index (κ2) is 5.66. The molecule has 0 saturated carbocycles. The molecule has 0 aliphatic carbocycles. The van der Waals surface area contributed by atoms with E-state index in [4.69, 9.17) is 0 Å². The molecule has 0 atom stereocenters. The number of fused-ring (bicyclic) bond motifs is 3. The Morgan fingerprint density at radius 3 is 2.64 bits per heavy atom. The predicted octanol–water partition coefficient (Wildman–Crippen LogP) is 4.58. The first-order valence-corrected chi connectivity index (χ1v) is 6.86. The van der Waals surface area contributed by atoms with E-state index >= 15 is 0 Å². The van der Waals surface area contributed by atoms with E-state index in [1.54, 1.807) is 0 Å². The fourth-order valence-corrected chi connectivity index (χ4v) is 2.55. The van der Waals surface area contributed by atoms with Gasteiger partial charge >= 0.3 is 0 Å². The summed E-state index contributed by atoms with van der Waals surface area (Å²) >= 11 is 0. The summed E-state index contributed by atoms with van der Waals surface area (Å²) < 4.78 is 0. The van der Waals surface area contributed by atoms with Crippen LogP contribution in [0.25, 0.3) is 21.8 Å². The molecule has 0 fully saturated rings. The number of pyridine rings is 1. The molecule has 0 amide bonds. The first kappa shape index (κ1) is 14.4. The fourth-order valence-electron chi connectivity index (χ4n) is 2.55. The predicted molar refractivity (Wildman–Crippen MR) is 93.1 cm³/mol. The number of H-pyrrole nitrogens is 1. The first-order valence-electron chi connectivity index (χ1n) is 6.86. The lowest BCUT2D eigenvalue weighted by molar-refractivity contribution is 1.12. The van der Waals surface area contributed by atoms with E-state index in [1.807, 2.05) is 30.6 Å². The van der Waals surface area contributed by atoms with Crippen LogP contribution in [0.4, 0.5) is 11.4 Å². The summed E-state index contributed by atoms with van der Waals surface area (Å²) in [5.41, 5.74) is 5.29. The molecule has 110 valence electrons. The van der Waals surface area contributed by atoms with E-state index in [-0.39, 0.29) is 12.4 Å². The second-order valence-electron chi connectivity index (χ2n) is 5.14. The summed E-state index contributed by atoms with van der Waals surface area (Å²) in [4.78, 5) is 4.44. The van der Waals surface area contributed by atoms with E-state index in [2.05, 4.69) is 51.7 Å². The minimum Gasteiger partial charge on any atom is -0.355 e. The number of aromatic amines is 1. The lowest BCUT2D eigenvalue weighted by Crippen LogP contribution is -1.93. The van der Waals surface area contributed by atoms with Crippen LogP contribution in [-0.4, -0.2) is 15.2 Å². The Morgan fingerprint density at radius 1 is 1.00 bits per heavy atom. The zero-order valence-electron chi connectivity index (χ0n) is 12.0. The highest BCUT2D eigenvalue weighted by Crippen LogP contribution is 2.30. The highest BCUT2D eigenvalue weighted by atomic mass is 35.5. The van der Waals surface area contributed by atoms with Gasteiger partial charge in [-0.1, -0.05) is 17.7 Å². The molecule has 2 aromatic heterocycles. The van der Waals surface area contributed by atoms with Crippen LogP contribution >= 0.6 is 12.4 Å². The Bertz CT molecular complexity index is 928. The topological polar surface area (TPSA) is 53.6 Å². The third-order valence-corrected chi connectivity index (χ3v) is 3.65. The molecule has 4 rings (SSSR count). The maximum absolute atomic E-state index is 4.44. The molecule has 4 nitrogen and oxygen atoms in total. The lowest BCUT2D eigenvalue weighted by atomic mass is 10.1. The van der Waals surface area contributed by atoms with E-state index in [9.17, 15) is 0 Å². The molecule has 0 radical (unpaired) electrons. The number of benzene rings is 2.